The Hall–Kier alpha value is -2.77. The van der Waals surface area contributed by atoms with Crippen molar-refractivity contribution < 1.29 is 24.0 Å². The minimum atomic E-state index is -1.19. The van der Waals surface area contributed by atoms with Crippen LogP contribution in [0.25, 0.3) is 0 Å². The van der Waals surface area contributed by atoms with E-state index in [1.165, 1.54) is 4.90 Å². The molecule has 3 rings (SSSR count). The van der Waals surface area contributed by atoms with Crippen molar-refractivity contribution in [3.63, 3.8) is 0 Å². The molecular weight excluding hydrogens is 412 g/mol. The number of benzene rings is 1. The van der Waals surface area contributed by atoms with Gasteiger partial charge >= 0.3 is 5.97 Å². The van der Waals surface area contributed by atoms with Crippen molar-refractivity contribution in [1.29, 1.82) is 0 Å². The zero-order valence-corrected chi connectivity index (χ0v) is 19.2. The molecule has 2 fully saturated rings. The van der Waals surface area contributed by atoms with Gasteiger partial charge in [-0.2, -0.15) is 0 Å². The molecule has 1 aliphatic heterocycles. The molecule has 1 amide bonds. The maximum Gasteiger partial charge on any atom is 0.329 e. The van der Waals surface area contributed by atoms with Crippen molar-refractivity contribution in [1.82, 2.24) is 4.90 Å². The average Bonchev–Trinajstić information content (AvgIpc) is 3.11. The molecule has 32 heavy (non-hydrogen) atoms. The number of ether oxygens (including phenoxy) is 1. The third-order valence-corrected chi connectivity index (χ3v) is 6.63. The molecule has 0 bridgehead atoms. The minimum Gasteiger partial charge on any atom is -0.464 e. The molecule has 0 spiro atoms. The molecule has 2 aliphatic rings. The first-order chi connectivity index (χ1) is 15.1. The normalized spacial score (nSPS) is 28.4. The fraction of sp³-hybridized carbons (Fsp3) is 0.625. The van der Waals surface area contributed by atoms with Gasteiger partial charge in [-0.15, -0.1) is 0 Å². The van der Waals surface area contributed by atoms with E-state index in [1.54, 1.807) is 37.3 Å². The zero-order chi connectivity index (χ0) is 23.6. The maximum absolute atomic E-state index is 13.8. The monoisotopic (exact) mass is 444 g/mol. The number of ketones is 1. The van der Waals surface area contributed by atoms with Crippen LogP contribution in [0.3, 0.4) is 0 Å². The summed E-state index contributed by atoms with van der Waals surface area (Å²) in [5.41, 5.74) is -0.0506. The van der Waals surface area contributed by atoms with E-state index in [4.69, 9.17) is 4.74 Å². The van der Waals surface area contributed by atoms with Gasteiger partial charge in [0, 0.05) is 23.7 Å². The first kappa shape index (κ1) is 23.9. The first-order valence-electron chi connectivity index (χ1n) is 11.3. The highest BCUT2D eigenvalue weighted by Gasteiger charge is 2.64. The molecule has 1 heterocycles. The lowest BCUT2D eigenvalue weighted by molar-refractivity contribution is -0.536. The molecule has 0 radical (unpaired) electrons. The highest BCUT2D eigenvalue weighted by molar-refractivity contribution is 5.91. The van der Waals surface area contributed by atoms with E-state index in [-0.39, 0.29) is 29.6 Å². The van der Waals surface area contributed by atoms with E-state index in [9.17, 15) is 24.5 Å². The summed E-state index contributed by atoms with van der Waals surface area (Å²) in [5.74, 6) is -2.33. The lowest BCUT2D eigenvalue weighted by atomic mass is 9.73. The molecule has 0 aromatic heterocycles. The third kappa shape index (κ3) is 4.54. The van der Waals surface area contributed by atoms with Gasteiger partial charge in [-0.3, -0.25) is 19.7 Å². The second kappa shape index (κ2) is 9.38. The summed E-state index contributed by atoms with van der Waals surface area (Å²) < 4.78 is 5.33. The number of carbonyl (C=O) groups excluding carboxylic acids is 3. The van der Waals surface area contributed by atoms with E-state index >= 15 is 0 Å². The number of hydrogen-bond acceptors (Lipinski definition) is 6. The molecule has 174 valence electrons. The van der Waals surface area contributed by atoms with E-state index in [2.05, 4.69) is 0 Å². The number of carbonyl (C=O) groups is 3. The van der Waals surface area contributed by atoms with Crippen LogP contribution in [0.1, 0.15) is 65.0 Å². The average molecular weight is 445 g/mol. The number of nitro groups is 1. The molecule has 5 atom stereocenters. The molecular formula is C24H32N2O6. The Labute approximate surface area is 188 Å². The Bertz CT molecular complexity index is 878. The SMILES string of the molecule is CCOC(=O)[C@@H]1[C@@H](C(C)(C)C)[C@H]([N+](=O)[O-])[C@H](c2ccccc2)N1C(=O)[C@H]1CCCC(=O)C1. The molecule has 1 saturated heterocycles. The van der Waals surface area contributed by atoms with Crippen LogP contribution in [0.15, 0.2) is 30.3 Å². The van der Waals surface area contributed by atoms with Crippen molar-refractivity contribution in [3.05, 3.63) is 46.0 Å². The molecule has 1 saturated carbocycles. The Kier molecular flexibility index (Phi) is 7.00. The largest absolute Gasteiger partial charge is 0.464 e. The number of hydrogen-bond donors (Lipinski definition) is 0. The minimum absolute atomic E-state index is 0.0101. The standard InChI is InChI=1S/C24H32N2O6/c1-5-32-23(29)21-18(24(2,3)4)20(26(30)31)19(15-10-7-6-8-11-15)25(21)22(28)16-12-9-13-17(27)14-16/h6-8,10-11,16,18-21H,5,9,12-14H2,1-4H3/t16-,18-,19-,20-,21-/m0/s1. The number of nitrogens with zero attached hydrogens (tertiary/aromatic N) is 2. The number of Topliss-reactive ketones (excluding diaryl/α,β-unsaturated/α-hetero) is 1. The smallest absolute Gasteiger partial charge is 0.329 e. The van der Waals surface area contributed by atoms with Crippen molar-refractivity contribution >= 4 is 17.7 Å². The molecule has 1 aromatic carbocycles. The van der Waals surface area contributed by atoms with Crippen LogP contribution in [0.4, 0.5) is 0 Å². The maximum atomic E-state index is 13.8. The second-order valence-corrected chi connectivity index (χ2v) is 9.80. The van der Waals surface area contributed by atoms with Gasteiger partial charge in [-0.1, -0.05) is 51.1 Å². The highest BCUT2D eigenvalue weighted by Crippen LogP contribution is 2.50. The van der Waals surface area contributed by atoms with E-state index in [0.29, 0.717) is 24.8 Å². The third-order valence-electron chi connectivity index (χ3n) is 6.63. The van der Waals surface area contributed by atoms with Crippen molar-refractivity contribution in [2.45, 2.75) is 71.5 Å². The molecule has 0 N–H and O–H groups in total. The van der Waals surface area contributed by atoms with Gasteiger partial charge in [-0.05, 0) is 30.7 Å². The van der Waals surface area contributed by atoms with E-state index < -0.39 is 41.3 Å². The number of likely N-dealkylation sites (tertiary alicyclic amines) is 1. The van der Waals surface area contributed by atoms with Crippen molar-refractivity contribution in [2.24, 2.45) is 17.3 Å². The Balaban J connectivity index is 2.19. The summed E-state index contributed by atoms with van der Waals surface area (Å²) in [5, 5.41) is 12.4. The van der Waals surface area contributed by atoms with Gasteiger partial charge < -0.3 is 9.64 Å². The van der Waals surface area contributed by atoms with Crippen molar-refractivity contribution in [3.8, 4) is 0 Å². The van der Waals surface area contributed by atoms with Crippen LogP contribution in [0.2, 0.25) is 0 Å². The summed E-state index contributed by atoms with van der Waals surface area (Å²) in [6, 6.07) is 5.63. The molecule has 1 aliphatic carbocycles. The molecule has 1 aromatic rings. The fourth-order valence-electron chi connectivity index (χ4n) is 5.34. The predicted octanol–water partition coefficient (Wildman–Crippen LogP) is 3.57. The van der Waals surface area contributed by atoms with Gasteiger partial charge in [0.1, 0.15) is 17.9 Å². The number of rotatable bonds is 5. The van der Waals surface area contributed by atoms with Crippen LogP contribution in [-0.4, -0.2) is 46.2 Å². The lowest BCUT2D eigenvalue weighted by Crippen LogP contribution is -2.50. The summed E-state index contributed by atoms with van der Waals surface area (Å²) in [4.78, 5) is 52.6. The van der Waals surface area contributed by atoms with Gasteiger partial charge in [0.2, 0.25) is 11.9 Å². The van der Waals surface area contributed by atoms with Crippen LogP contribution in [0.5, 0.6) is 0 Å². The summed E-state index contributed by atoms with van der Waals surface area (Å²) in [7, 11) is 0. The van der Waals surface area contributed by atoms with Crippen LogP contribution >= 0.6 is 0 Å². The van der Waals surface area contributed by atoms with Crippen LogP contribution < -0.4 is 0 Å². The molecule has 8 nitrogen and oxygen atoms in total. The molecule has 8 heteroatoms. The zero-order valence-electron chi connectivity index (χ0n) is 19.2. The predicted molar refractivity (Wildman–Crippen MR) is 117 cm³/mol. The Morgan fingerprint density at radius 1 is 1.22 bits per heavy atom. The number of esters is 1. The summed E-state index contributed by atoms with van der Waals surface area (Å²) in [6.45, 7) is 7.32. The fourth-order valence-corrected chi connectivity index (χ4v) is 5.34. The van der Waals surface area contributed by atoms with Crippen molar-refractivity contribution in [2.75, 3.05) is 6.61 Å². The number of amides is 1. The van der Waals surface area contributed by atoms with Gasteiger partial charge in [0.05, 0.1) is 12.5 Å². The Morgan fingerprint density at radius 2 is 1.88 bits per heavy atom. The summed E-state index contributed by atoms with van der Waals surface area (Å²) in [6.07, 6.45) is 1.68. The summed E-state index contributed by atoms with van der Waals surface area (Å²) >= 11 is 0. The topological polar surface area (TPSA) is 107 Å². The van der Waals surface area contributed by atoms with Gasteiger partial charge in [-0.25, -0.2) is 4.79 Å². The van der Waals surface area contributed by atoms with Gasteiger partial charge in [0.15, 0.2) is 0 Å². The molecule has 0 unspecified atom stereocenters. The van der Waals surface area contributed by atoms with E-state index in [1.807, 2.05) is 20.8 Å². The van der Waals surface area contributed by atoms with Crippen LogP contribution in [0, 0.1) is 27.4 Å². The highest BCUT2D eigenvalue weighted by atomic mass is 16.6. The first-order valence-corrected chi connectivity index (χ1v) is 11.3. The Morgan fingerprint density at radius 3 is 2.41 bits per heavy atom. The van der Waals surface area contributed by atoms with E-state index in [0.717, 1.165) is 0 Å². The second-order valence-electron chi connectivity index (χ2n) is 9.80. The van der Waals surface area contributed by atoms with Crippen LogP contribution in [-0.2, 0) is 19.1 Å². The van der Waals surface area contributed by atoms with Gasteiger partial charge in [0.25, 0.3) is 0 Å². The quantitative estimate of drug-likeness (QED) is 0.390. The lowest BCUT2D eigenvalue weighted by Gasteiger charge is -2.35.